The molecule has 2 heterocycles. The van der Waals surface area contributed by atoms with Crippen LogP contribution in [0.3, 0.4) is 0 Å². The highest BCUT2D eigenvalue weighted by molar-refractivity contribution is 5.87. The second kappa shape index (κ2) is 8.47. The Labute approximate surface area is 126 Å². The summed E-state index contributed by atoms with van der Waals surface area (Å²) >= 11 is 0. The first kappa shape index (κ1) is 15.6. The van der Waals surface area contributed by atoms with Crippen molar-refractivity contribution in [3.05, 3.63) is 48.5 Å². The number of allylic oxidation sites excluding steroid dienone is 3. The molecule has 2 rings (SSSR count). The van der Waals surface area contributed by atoms with Crippen LogP contribution in [0.1, 0.15) is 38.0 Å². The molecular formula is C17H24N2O2. The molecule has 1 unspecified atom stereocenters. The zero-order chi connectivity index (χ0) is 14.9. The second-order valence-corrected chi connectivity index (χ2v) is 5.26. The Morgan fingerprint density at radius 3 is 2.86 bits per heavy atom. The van der Waals surface area contributed by atoms with Crippen LogP contribution in [0.15, 0.2) is 47.1 Å². The van der Waals surface area contributed by atoms with Crippen LogP contribution in [-0.2, 0) is 4.79 Å². The standard InChI is InChI=1S/C17H24N2O2/c1-2-3-5-10-17(20)18-14-15(16-9-8-13-21-16)19-11-6-4-7-12-19/h2-3,5,8-10,13,15H,4,6-7,11-12,14H2,1H3,(H,18,20)/b3-2+,10-5+. The third kappa shape index (κ3) is 4.90. The third-order valence-corrected chi connectivity index (χ3v) is 3.72. The van der Waals surface area contributed by atoms with Crippen molar-refractivity contribution in [3.8, 4) is 0 Å². The number of nitrogens with zero attached hydrogens (tertiary/aromatic N) is 1. The van der Waals surface area contributed by atoms with E-state index in [0.29, 0.717) is 6.54 Å². The minimum Gasteiger partial charge on any atom is -0.468 e. The summed E-state index contributed by atoms with van der Waals surface area (Å²) in [7, 11) is 0. The first-order valence-electron chi connectivity index (χ1n) is 7.66. The lowest BCUT2D eigenvalue weighted by atomic mass is 10.1. The van der Waals surface area contributed by atoms with Crippen molar-refractivity contribution in [3.63, 3.8) is 0 Å². The first-order chi connectivity index (χ1) is 10.3. The number of piperidine rings is 1. The summed E-state index contributed by atoms with van der Waals surface area (Å²) in [6.45, 7) is 4.63. The fraction of sp³-hybridized carbons (Fsp3) is 0.471. The summed E-state index contributed by atoms with van der Waals surface area (Å²) in [6.07, 6.45) is 12.4. The number of carbonyl (C=O) groups excluding carboxylic acids is 1. The molecule has 1 saturated heterocycles. The van der Waals surface area contributed by atoms with Gasteiger partial charge in [-0.1, -0.05) is 24.6 Å². The topological polar surface area (TPSA) is 45.5 Å². The molecule has 1 N–H and O–H groups in total. The lowest BCUT2D eigenvalue weighted by molar-refractivity contribution is -0.116. The molecule has 1 aliphatic rings. The quantitative estimate of drug-likeness (QED) is 0.646. The van der Waals surface area contributed by atoms with Crippen molar-refractivity contribution in [2.75, 3.05) is 19.6 Å². The SMILES string of the molecule is C/C=C/C=C/C(=O)NCC(c1ccco1)N1CCCCC1. The molecule has 0 aromatic carbocycles. The van der Waals surface area contributed by atoms with Gasteiger partial charge in [0.25, 0.3) is 0 Å². The Morgan fingerprint density at radius 2 is 2.19 bits per heavy atom. The van der Waals surface area contributed by atoms with Crippen molar-refractivity contribution in [2.45, 2.75) is 32.2 Å². The summed E-state index contributed by atoms with van der Waals surface area (Å²) in [6, 6.07) is 4.01. The average Bonchev–Trinajstić information content (AvgIpc) is 3.03. The van der Waals surface area contributed by atoms with Gasteiger partial charge in [0.15, 0.2) is 0 Å². The van der Waals surface area contributed by atoms with E-state index in [1.807, 2.05) is 31.2 Å². The van der Waals surface area contributed by atoms with Crippen molar-refractivity contribution in [1.29, 1.82) is 0 Å². The molecule has 0 bridgehead atoms. The Hall–Kier alpha value is -1.81. The first-order valence-corrected chi connectivity index (χ1v) is 7.66. The minimum absolute atomic E-state index is 0.0679. The highest BCUT2D eigenvalue weighted by Crippen LogP contribution is 2.24. The van der Waals surface area contributed by atoms with E-state index in [0.717, 1.165) is 18.8 Å². The van der Waals surface area contributed by atoms with Crippen molar-refractivity contribution in [2.24, 2.45) is 0 Å². The predicted octanol–water partition coefficient (Wildman–Crippen LogP) is 3.06. The summed E-state index contributed by atoms with van der Waals surface area (Å²) < 4.78 is 5.56. The van der Waals surface area contributed by atoms with Crippen LogP contribution in [-0.4, -0.2) is 30.4 Å². The monoisotopic (exact) mass is 288 g/mol. The molecule has 1 atom stereocenters. The smallest absolute Gasteiger partial charge is 0.244 e. The van der Waals surface area contributed by atoms with E-state index < -0.39 is 0 Å². The van der Waals surface area contributed by atoms with Crippen molar-refractivity contribution < 1.29 is 9.21 Å². The molecule has 114 valence electrons. The fourth-order valence-corrected chi connectivity index (χ4v) is 2.63. The lowest BCUT2D eigenvalue weighted by Gasteiger charge is -2.33. The molecule has 21 heavy (non-hydrogen) atoms. The maximum Gasteiger partial charge on any atom is 0.244 e. The van der Waals surface area contributed by atoms with Gasteiger partial charge in [-0.05, 0) is 45.0 Å². The lowest BCUT2D eigenvalue weighted by Crippen LogP contribution is -2.40. The van der Waals surface area contributed by atoms with Crippen molar-refractivity contribution >= 4 is 5.91 Å². The van der Waals surface area contributed by atoms with E-state index in [4.69, 9.17) is 4.42 Å². The number of rotatable bonds is 6. The summed E-state index contributed by atoms with van der Waals surface area (Å²) in [5, 5.41) is 2.97. The maximum atomic E-state index is 11.8. The van der Waals surface area contributed by atoms with Crippen LogP contribution in [0.2, 0.25) is 0 Å². The van der Waals surface area contributed by atoms with Crippen LogP contribution in [0.25, 0.3) is 0 Å². The van der Waals surface area contributed by atoms with E-state index in [9.17, 15) is 4.79 Å². The van der Waals surface area contributed by atoms with Gasteiger partial charge >= 0.3 is 0 Å². The molecule has 1 aromatic heterocycles. The number of hydrogen-bond acceptors (Lipinski definition) is 3. The zero-order valence-electron chi connectivity index (χ0n) is 12.6. The van der Waals surface area contributed by atoms with E-state index in [1.165, 1.54) is 19.3 Å². The molecule has 0 saturated carbocycles. The Kier molecular flexibility index (Phi) is 6.28. The van der Waals surface area contributed by atoms with Crippen LogP contribution in [0, 0.1) is 0 Å². The second-order valence-electron chi connectivity index (χ2n) is 5.26. The van der Waals surface area contributed by atoms with Crippen molar-refractivity contribution in [1.82, 2.24) is 10.2 Å². The van der Waals surface area contributed by atoms with Gasteiger partial charge in [-0.25, -0.2) is 0 Å². The predicted molar refractivity (Wildman–Crippen MR) is 83.8 cm³/mol. The largest absolute Gasteiger partial charge is 0.468 e. The zero-order valence-corrected chi connectivity index (χ0v) is 12.6. The van der Waals surface area contributed by atoms with E-state index in [-0.39, 0.29) is 11.9 Å². The van der Waals surface area contributed by atoms with Gasteiger partial charge in [-0.3, -0.25) is 9.69 Å². The maximum absolute atomic E-state index is 11.8. The Balaban J connectivity index is 1.94. The van der Waals surface area contributed by atoms with Crippen LogP contribution in [0.5, 0.6) is 0 Å². The molecule has 0 aliphatic carbocycles. The third-order valence-electron chi connectivity index (χ3n) is 3.72. The molecule has 0 spiro atoms. The summed E-state index contributed by atoms with van der Waals surface area (Å²) in [5.41, 5.74) is 0. The van der Waals surface area contributed by atoms with Gasteiger partial charge < -0.3 is 9.73 Å². The summed E-state index contributed by atoms with van der Waals surface area (Å²) in [5.74, 6) is 0.858. The van der Waals surface area contributed by atoms with E-state index in [1.54, 1.807) is 18.4 Å². The van der Waals surface area contributed by atoms with Gasteiger partial charge in [0.1, 0.15) is 5.76 Å². The number of amides is 1. The highest BCUT2D eigenvalue weighted by atomic mass is 16.3. The fourth-order valence-electron chi connectivity index (χ4n) is 2.63. The van der Waals surface area contributed by atoms with Gasteiger partial charge in [-0.15, -0.1) is 0 Å². The number of carbonyl (C=O) groups is 1. The van der Waals surface area contributed by atoms with Crippen LogP contribution in [0.4, 0.5) is 0 Å². The molecular weight excluding hydrogens is 264 g/mol. The normalized spacial score (nSPS) is 18.3. The van der Waals surface area contributed by atoms with Crippen LogP contribution >= 0.6 is 0 Å². The highest BCUT2D eigenvalue weighted by Gasteiger charge is 2.24. The van der Waals surface area contributed by atoms with Crippen LogP contribution < -0.4 is 5.32 Å². The molecule has 1 amide bonds. The average molecular weight is 288 g/mol. The molecule has 1 aromatic rings. The number of hydrogen-bond donors (Lipinski definition) is 1. The molecule has 0 radical (unpaired) electrons. The van der Waals surface area contributed by atoms with E-state index >= 15 is 0 Å². The Morgan fingerprint density at radius 1 is 1.38 bits per heavy atom. The molecule has 1 aliphatic heterocycles. The number of nitrogens with one attached hydrogen (secondary N) is 1. The van der Waals surface area contributed by atoms with Gasteiger partial charge in [0, 0.05) is 12.6 Å². The van der Waals surface area contributed by atoms with Gasteiger partial charge in [0.05, 0.1) is 12.3 Å². The van der Waals surface area contributed by atoms with Gasteiger partial charge in [-0.2, -0.15) is 0 Å². The van der Waals surface area contributed by atoms with Gasteiger partial charge in [0.2, 0.25) is 5.91 Å². The molecule has 4 heteroatoms. The number of likely N-dealkylation sites (tertiary alicyclic amines) is 1. The van der Waals surface area contributed by atoms with E-state index in [2.05, 4.69) is 10.2 Å². The molecule has 4 nitrogen and oxygen atoms in total. The summed E-state index contributed by atoms with van der Waals surface area (Å²) in [4.78, 5) is 14.2. The minimum atomic E-state index is -0.0679. The Bertz CT molecular complexity index is 471. The number of furan rings is 1. The molecule has 1 fully saturated rings.